The van der Waals surface area contributed by atoms with Crippen molar-refractivity contribution < 1.29 is 24.5 Å². The van der Waals surface area contributed by atoms with Crippen LogP contribution in [0.3, 0.4) is 0 Å². The van der Waals surface area contributed by atoms with Crippen molar-refractivity contribution in [3.63, 3.8) is 0 Å². The Morgan fingerprint density at radius 1 is 1.26 bits per heavy atom. The maximum atomic E-state index is 12.3. The first-order chi connectivity index (χ1) is 8.82. The number of hydrogen-bond acceptors (Lipinski definition) is 4. The van der Waals surface area contributed by atoms with Crippen molar-refractivity contribution in [3.8, 4) is 0 Å². The number of likely N-dealkylation sites (N-methyl/N-ethyl adjacent to an activating group) is 1. The Morgan fingerprint density at radius 2 is 1.84 bits per heavy atom. The Balaban J connectivity index is 5.01. The van der Waals surface area contributed by atoms with E-state index in [0.29, 0.717) is 13.2 Å². The van der Waals surface area contributed by atoms with E-state index < -0.39 is 17.5 Å². The third-order valence-corrected chi connectivity index (χ3v) is 2.95. The number of carbonyl (C=O) groups is 2. The molecule has 0 heterocycles. The van der Waals surface area contributed by atoms with Crippen molar-refractivity contribution in [1.29, 1.82) is 0 Å². The van der Waals surface area contributed by atoms with Gasteiger partial charge in [-0.3, -0.25) is 0 Å². The first-order valence-corrected chi connectivity index (χ1v) is 6.22. The highest BCUT2D eigenvalue weighted by Gasteiger charge is 2.38. The fourth-order valence-electron chi connectivity index (χ4n) is 1.68. The average Bonchev–Trinajstić information content (AvgIpc) is 2.34. The van der Waals surface area contributed by atoms with Crippen LogP contribution < -0.4 is 0 Å². The number of aliphatic carboxylic acids is 1. The minimum atomic E-state index is -1.30. The van der Waals surface area contributed by atoms with E-state index in [1.54, 1.807) is 6.92 Å². The van der Waals surface area contributed by atoms with Gasteiger partial charge in [-0.05, 0) is 20.8 Å². The number of hydrogen-bond donors (Lipinski definition) is 2. The molecule has 0 saturated heterocycles. The minimum Gasteiger partial charge on any atom is -0.480 e. The molecule has 2 amide bonds. The van der Waals surface area contributed by atoms with Crippen LogP contribution in [-0.2, 0) is 9.53 Å². The second-order valence-electron chi connectivity index (χ2n) is 4.59. The third-order valence-electron chi connectivity index (χ3n) is 2.95. The lowest BCUT2D eigenvalue weighted by Crippen LogP contribution is -2.57. The number of carboxylic acids is 1. The van der Waals surface area contributed by atoms with E-state index in [2.05, 4.69) is 0 Å². The summed E-state index contributed by atoms with van der Waals surface area (Å²) in [4.78, 5) is 26.2. The zero-order chi connectivity index (χ0) is 15.1. The van der Waals surface area contributed by atoms with Crippen LogP contribution in [-0.4, -0.2) is 77.5 Å². The van der Waals surface area contributed by atoms with Crippen molar-refractivity contribution in [2.45, 2.75) is 26.3 Å². The van der Waals surface area contributed by atoms with E-state index in [1.165, 1.54) is 30.8 Å². The maximum absolute atomic E-state index is 12.3. The standard InChI is InChI=1S/C12H24N2O5/c1-5-14(12(2,3)10(16)17)11(18)13(6-8-15)7-9-19-4/h15H,5-9H2,1-4H3,(H,16,17). The zero-order valence-corrected chi connectivity index (χ0v) is 12.0. The summed E-state index contributed by atoms with van der Waals surface area (Å²) in [5.74, 6) is -1.07. The lowest BCUT2D eigenvalue weighted by atomic mass is 10.0. The summed E-state index contributed by atoms with van der Waals surface area (Å²) >= 11 is 0. The van der Waals surface area contributed by atoms with Gasteiger partial charge >= 0.3 is 12.0 Å². The fourth-order valence-corrected chi connectivity index (χ4v) is 1.68. The first kappa shape index (κ1) is 17.7. The smallest absolute Gasteiger partial charge is 0.329 e. The predicted molar refractivity (Wildman–Crippen MR) is 70.0 cm³/mol. The molecule has 0 unspecified atom stereocenters. The largest absolute Gasteiger partial charge is 0.480 e. The second kappa shape index (κ2) is 7.96. The van der Waals surface area contributed by atoms with Crippen LogP contribution in [0.1, 0.15) is 20.8 Å². The topological polar surface area (TPSA) is 90.3 Å². The highest BCUT2D eigenvalue weighted by atomic mass is 16.5. The van der Waals surface area contributed by atoms with Crippen LogP contribution in [0, 0.1) is 0 Å². The highest BCUT2D eigenvalue weighted by Crippen LogP contribution is 2.16. The van der Waals surface area contributed by atoms with Crippen LogP contribution in [0.4, 0.5) is 4.79 Å². The number of ether oxygens (including phenoxy) is 1. The number of aliphatic hydroxyl groups excluding tert-OH is 1. The first-order valence-electron chi connectivity index (χ1n) is 6.22. The van der Waals surface area contributed by atoms with Gasteiger partial charge in [0.1, 0.15) is 5.54 Å². The molecule has 0 fully saturated rings. The fraction of sp³-hybridized carbons (Fsp3) is 0.833. The van der Waals surface area contributed by atoms with Crippen molar-refractivity contribution in [3.05, 3.63) is 0 Å². The molecule has 0 rings (SSSR count). The average molecular weight is 276 g/mol. The molecule has 0 aliphatic heterocycles. The molecule has 0 aromatic carbocycles. The number of nitrogens with zero attached hydrogens (tertiary/aromatic N) is 2. The Labute approximate surface area is 113 Å². The summed E-state index contributed by atoms with van der Waals surface area (Å²) in [5, 5.41) is 18.2. The number of aliphatic hydroxyl groups is 1. The Bertz CT molecular complexity index is 306. The van der Waals surface area contributed by atoms with Gasteiger partial charge in [0.25, 0.3) is 0 Å². The maximum Gasteiger partial charge on any atom is 0.329 e. The summed E-state index contributed by atoms with van der Waals surface area (Å²) in [7, 11) is 1.51. The van der Waals surface area contributed by atoms with Gasteiger partial charge in [0, 0.05) is 26.7 Å². The van der Waals surface area contributed by atoms with E-state index in [-0.39, 0.29) is 19.7 Å². The number of carboxylic acid groups (broad SMARTS) is 1. The van der Waals surface area contributed by atoms with Gasteiger partial charge < -0.3 is 24.7 Å². The molecule has 7 nitrogen and oxygen atoms in total. The molecule has 0 atom stereocenters. The molecule has 0 aliphatic rings. The van der Waals surface area contributed by atoms with E-state index in [0.717, 1.165) is 0 Å². The number of rotatable bonds is 8. The minimum absolute atomic E-state index is 0.147. The number of amides is 2. The van der Waals surface area contributed by atoms with Gasteiger partial charge in [0.2, 0.25) is 0 Å². The lowest BCUT2D eigenvalue weighted by molar-refractivity contribution is -0.147. The molecular formula is C12H24N2O5. The molecule has 112 valence electrons. The van der Waals surface area contributed by atoms with Crippen LogP contribution >= 0.6 is 0 Å². The molecule has 0 aromatic rings. The molecule has 0 aromatic heterocycles. The quantitative estimate of drug-likeness (QED) is 0.662. The normalized spacial score (nSPS) is 11.2. The summed E-state index contributed by atoms with van der Waals surface area (Å²) < 4.78 is 4.90. The molecule has 0 aliphatic carbocycles. The Kier molecular flexibility index (Phi) is 7.40. The van der Waals surface area contributed by atoms with Crippen LogP contribution in [0.5, 0.6) is 0 Å². The molecule has 7 heteroatoms. The highest BCUT2D eigenvalue weighted by molar-refractivity contribution is 5.85. The molecular weight excluding hydrogens is 252 g/mol. The third kappa shape index (κ3) is 4.68. The second-order valence-corrected chi connectivity index (χ2v) is 4.59. The van der Waals surface area contributed by atoms with Gasteiger partial charge in [0.15, 0.2) is 0 Å². The van der Waals surface area contributed by atoms with Gasteiger partial charge in [-0.25, -0.2) is 9.59 Å². The summed E-state index contributed by atoms with van der Waals surface area (Å²) in [6.45, 7) is 5.55. The summed E-state index contributed by atoms with van der Waals surface area (Å²) in [6, 6.07) is -0.416. The van der Waals surface area contributed by atoms with E-state index in [4.69, 9.17) is 9.84 Å². The summed E-state index contributed by atoms with van der Waals surface area (Å²) in [6.07, 6.45) is 0. The van der Waals surface area contributed by atoms with Crippen molar-refractivity contribution in [2.24, 2.45) is 0 Å². The molecule has 19 heavy (non-hydrogen) atoms. The summed E-state index contributed by atoms with van der Waals surface area (Å²) in [5.41, 5.74) is -1.30. The molecule has 0 radical (unpaired) electrons. The molecule has 0 saturated carbocycles. The molecule has 2 N–H and O–H groups in total. The van der Waals surface area contributed by atoms with Crippen molar-refractivity contribution >= 4 is 12.0 Å². The van der Waals surface area contributed by atoms with Crippen molar-refractivity contribution in [2.75, 3.05) is 40.0 Å². The number of urea groups is 1. The van der Waals surface area contributed by atoms with Crippen LogP contribution in [0.2, 0.25) is 0 Å². The van der Waals surface area contributed by atoms with E-state index in [9.17, 15) is 14.7 Å². The van der Waals surface area contributed by atoms with Crippen LogP contribution in [0.25, 0.3) is 0 Å². The van der Waals surface area contributed by atoms with E-state index >= 15 is 0 Å². The van der Waals surface area contributed by atoms with Crippen LogP contribution in [0.15, 0.2) is 0 Å². The lowest BCUT2D eigenvalue weighted by Gasteiger charge is -2.37. The Morgan fingerprint density at radius 3 is 2.21 bits per heavy atom. The van der Waals surface area contributed by atoms with Gasteiger partial charge in [0.05, 0.1) is 13.2 Å². The van der Waals surface area contributed by atoms with Crippen molar-refractivity contribution in [1.82, 2.24) is 9.80 Å². The monoisotopic (exact) mass is 276 g/mol. The van der Waals surface area contributed by atoms with E-state index in [1.807, 2.05) is 0 Å². The number of methoxy groups -OCH3 is 1. The Hall–Kier alpha value is -1.34. The van der Waals surface area contributed by atoms with Gasteiger partial charge in [-0.2, -0.15) is 0 Å². The SMILES string of the molecule is CCN(C(=O)N(CCO)CCOC)C(C)(C)C(=O)O. The van der Waals surface area contributed by atoms with Gasteiger partial charge in [-0.15, -0.1) is 0 Å². The predicted octanol–water partition coefficient (Wildman–Crippen LogP) is 0.232. The number of carbonyl (C=O) groups excluding carboxylic acids is 1. The molecule has 0 spiro atoms. The molecule has 0 bridgehead atoms. The van der Waals surface area contributed by atoms with Gasteiger partial charge in [-0.1, -0.05) is 0 Å². The zero-order valence-electron chi connectivity index (χ0n) is 12.0.